The molecule has 0 aromatic heterocycles. The SMILES string of the molecule is CCCC(=O)N[C@H]1CCCN(C(=O)Cc2ccc(C)c(O)c2)C1. The molecule has 2 rings (SSSR count). The van der Waals surface area contributed by atoms with E-state index in [1.54, 1.807) is 6.07 Å². The molecule has 1 atom stereocenters. The van der Waals surface area contributed by atoms with E-state index in [9.17, 15) is 14.7 Å². The highest BCUT2D eigenvalue weighted by atomic mass is 16.3. The van der Waals surface area contributed by atoms with Crippen LogP contribution in [0, 0.1) is 6.92 Å². The first-order chi connectivity index (χ1) is 11.0. The molecule has 2 amide bonds. The van der Waals surface area contributed by atoms with Gasteiger partial charge >= 0.3 is 0 Å². The summed E-state index contributed by atoms with van der Waals surface area (Å²) in [6.45, 7) is 5.12. The van der Waals surface area contributed by atoms with Crippen molar-refractivity contribution in [1.82, 2.24) is 10.2 Å². The van der Waals surface area contributed by atoms with E-state index in [2.05, 4.69) is 5.32 Å². The molecule has 0 bridgehead atoms. The van der Waals surface area contributed by atoms with Gasteiger partial charge in [-0.15, -0.1) is 0 Å². The molecule has 0 aliphatic carbocycles. The number of hydrogen-bond acceptors (Lipinski definition) is 3. The van der Waals surface area contributed by atoms with Crippen LogP contribution in [0.1, 0.15) is 43.7 Å². The normalized spacial score (nSPS) is 17.8. The lowest BCUT2D eigenvalue weighted by Gasteiger charge is -2.33. The maximum atomic E-state index is 12.5. The standard InChI is InChI=1S/C18H26N2O3/c1-3-5-17(22)19-15-6-4-9-20(12-15)18(23)11-14-8-7-13(2)16(21)10-14/h7-8,10,15,21H,3-6,9,11-12H2,1-2H3,(H,19,22)/t15-/m0/s1. The number of nitrogens with one attached hydrogen (secondary N) is 1. The average Bonchev–Trinajstić information content (AvgIpc) is 2.51. The van der Waals surface area contributed by atoms with Crippen LogP contribution in [-0.4, -0.2) is 41.0 Å². The third kappa shape index (κ3) is 4.98. The first kappa shape index (κ1) is 17.3. The topological polar surface area (TPSA) is 69.6 Å². The van der Waals surface area contributed by atoms with Crippen LogP contribution < -0.4 is 5.32 Å². The summed E-state index contributed by atoms with van der Waals surface area (Å²) in [5.74, 6) is 0.330. The Bertz CT molecular complexity index is 571. The molecule has 0 radical (unpaired) electrons. The number of nitrogens with zero attached hydrogens (tertiary/aromatic N) is 1. The van der Waals surface area contributed by atoms with Crippen molar-refractivity contribution < 1.29 is 14.7 Å². The van der Waals surface area contributed by atoms with E-state index in [1.807, 2.05) is 30.9 Å². The number of carbonyl (C=O) groups excluding carboxylic acids is 2. The Labute approximate surface area is 137 Å². The number of likely N-dealkylation sites (tertiary alicyclic amines) is 1. The Hall–Kier alpha value is -2.04. The lowest BCUT2D eigenvalue weighted by Crippen LogP contribution is -2.49. The molecule has 1 aromatic carbocycles. The first-order valence-corrected chi connectivity index (χ1v) is 8.35. The Balaban J connectivity index is 1.91. The van der Waals surface area contributed by atoms with Crippen molar-refractivity contribution in [2.24, 2.45) is 0 Å². The summed E-state index contributed by atoms with van der Waals surface area (Å²) in [6, 6.07) is 5.40. The van der Waals surface area contributed by atoms with Crippen LogP contribution in [0.15, 0.2) is 18.2 Å². The van der Waals surface area contributed by atoms with Crippen LogP contribution in [0.25, 0.3) is 0 Å². The van der Waals surface area contributed by atoms with E-state index in [-0.39, 0.29) is 30.0 Å². The molecule has 126 valence electrons. The average molecular weight is 318 g/mol. The van der Waals surface area contributed by atoms with Gasteiger partial charge in [-0.25, -0.2) is 0 Å². The Morgan fingerprint density at radius 3 is 2.87 bits per heavy atom. The number of benzene rings is 1. The molecule has 0 saturated carbocycles. The van der Waals surface area contributed by atoms with E-state index >= 15 is 0 Å². The van der Waals surface area contributed by atoms with Crippen molar-refractivity contribution in [3.63, 3.8) is 0 Å². The predicted octanol–water partition coefficient (Wildman–Crippen LogP) is 2.15. The number of piperidine rings is 1. The minimum absolute atomic E-state index is 0.0442. The van der Waals surface area contributed by atoms with Crippen LogP contribution in [0.2, 0.25) is 0 Å². The Morgan fingerprint density at radius 2 is 2.17 bits per heavy atom. The number of rotatable bonds is 5. The monoisotopic (exact) mass is 318 g/mol. The largest absolute Gasteiger partial charge is 0.508 e. The molecule has 1 fully saturated rings. The quantitative estimate of drug-likeness (QED) is 0.874. The summed E-state index contributed by atoms with van der Waals surface area (Å²) < 4.78 is 0. The van der Waals surface area contributed by atoms with E-state index in [0.29, 0.717) is 13.0 Å². The summed E-state index contributed by atoms with van der Waals surface area (Å²) in [5, 5.41) is 12.8. The van der Waals surface area contributed by atoms with Gasteiger partial charge in [-0.3, -0.25) is 9.59 Å². The second-order valence-corrected chi connectivity index (χ2v) is 6.29. The predicted molar refractivity (Wildman–Crippen MR) is 89.2 cm³/mol. The molecule has 0 unspecified atom stereocenters. The van der Waals surface area contributed by atoms with E-state index in [0.717, 1.165) is 36.9 Å². The van der Waals surface area contributed by atoms with Crippen molar-refractivity contribution in [2.75, 3.05) is 13.1 Å². The summed E-state index contributed by atoms with van der Waals surface area (Å²) in [5.41, 5.74) is 1.62. The molecule has 1 aliphatic rings. The number of phenolic OH excluding ortho intramolecular Hbond substituents is 1. The van der Waals surface area contributed by atoms with Crippen molar-refractivity contribution in [3.8, 4) is 5.75 Å². The van der Waals surface area contributed by atoms with Gasteiger partial charge in [-0.2, -0.15) is 0 Å². The van der Waals surface area contributed by atoms with Gasteiger partial charge in [0, 0.05) is 25.6 Å². The molecule has 23 heavy (non-hydrogen) atoms. The molecule has 5 nitrogen and oxygen atoms in total. The van der Waals surface area contributed by atoms with Gasteiger partial charge in [0.2, 0.25) is 11.8 Å². The van der Waals surface area contributed by atoms with E-state index in [4.69, 9.17) is 0 Å². The van der Waals surface area contributed by atoms with Gasteiger partial charge in [-0.1, -0.05) is 19.1 Å². The smallest absolute Gasteiger partial charge is 0.227 e. The maximum absolute atomic E-state index is 12.5. The number of phenols is 1. The summed E-state index contributed by atoms with van der Waals surface area (Å²) in [4.78, 5) is 26.0. The molecular weight excluding hydrogens is 292 g/mol. The summed E-state index contributed by atoms with van der Waals surface area (Å²) in [6.07, 6.45) is 3.47. The summed E-state index contributed by atoms with van der Waals surface area (Å²) >= 11 is 0. The zero-order valence-electron chi connectivity index (χ0n) is 14.0. The fraction of sp³-hybridized carbons (Fsp3) is 0.556. The Morgan fingerprint density at radius 1 is 1.39 bits per heavy atom. The minimum Gasteiger partial charge on any atom is -0.508 e. The van der Waals surface area contributed by atoms with Gasteiger partial charge in [0.15, 0.2) is 0 Å². The van der Waals surface area contributed by atoms with Crippen molar-refractivity contribution in [3.05, 3.63) is 29.3 Å². The molecule has 1 aliphatic heterocycles. The third-order valence-electron chi connectivity index (χ3n) is 4.25. The van der Waals surface area contributed by atoms with Crippen molar-refractivity contribution in [2.45, 2.75) is 52.0 Å². The van der Waals surface area contributed by atoms with Crippen LogP contribution in [0.4, 0.5) is 0 Å². The molecule has 1 aromatic rings. The maximum Gasteiger partial charge on any atom is 0.227 e. The number of hydrogen-bond donors (Lipinski definition) is 2. The number of amides is 2. The van der Waals surface area contributed by atoms with Crippen LogP contribution >= 0.6 is 0 Å². The molecular formula is C18H26N2O3. The van der Waals surface area contributed by atoms with Gasteiger partial charge in [-0.05, 0) is 43.4 Å². The molecule has 0 spiro atoms. The van der Waals surface area contributed by atoms with Crippen LogP contribution in [0.3, 0.4) is 0 Å². The minimum atomic E-state index is 0.0442. The lowest BCUT2D eigenvalue weighted by atomic mass is 10.0. The summed E-state index contributed by atoms with van der Waals surface area (Å²) in [7, 11) is 0. The molecule has 5 heteroatoms. The van der Waals surface area contributed by atoms with Crippen molar-refractivity contribution >= 4 is 11.8 Å². The Kier molecular flexibility index (Phi) is 6.02. The van der Waals surface area contributed by atoms with E-state index < -0.39 is 0 Å². The lowest BCUT2D eigenvalue weighted by molar-refractivity contribution is -0.133. The fourth-order valence-electron chi connectivity index (χ4n) is 2.90. The second-order valence-electron chi connectivity index (χ2n) is 6.29. The highest BCUT2D eigenvalue weighted by molar-refractivity contribution is 5.79. The fourth-order valence-corrected chi connectivity index (χ4v) is 2.90. The molecule has 1 heterocycles. The van der Waals surface area contributed by atoms with Crippen molar-refractivity contribution in [1.29, 1.82) is 0 Å². The molecule has 1 saturated heterocycles. The first-order valence-electron chi connectivity index (χ1n) is 8.35. The third-order valence-corrected chi connectivity index (χ3v) is 4.25. The zero-order valence-corrected chi connectivity index (χ0v) is 14.0. The van der Waals surface area contributed by atoms with Gasteiger partial charge in [0.1, 0.15) is 5.75 Å². The second kappa shape index (κ2) is 7.99. The highest BCUT2D eigenvalue weighted by Crippen LogP contribution is 2.19. The number of aryl methyl sites for hydroxylation is 1. The van der Waals surface area contributed by atoms with Crippen LogP contribution in [0.5, 0.6) is 5.75 Å². The highest BCUT2D eigenvalue weighted by Gasteiger charge is 2.24. The van der Waals surface area contributed by atoms with Gasteiger partial charge in [0.05, 0.1) is 6.42 Å². The van der Waals surface area contributed by atoms with E-state index in [1.165, 1.54) is 0 Å². The zero-order chi connectivity index (χ0) is 16.8. The van der Waals surface area contributed by atoms with Gasteiger partial charge < -0.3 is 15.3 Å². The van der Waals surface area contributed by atoms with Crippen LogP contribution in [-0.2, 0) is 16.0 Å². The van der Waals surface area contributed by atoms with Gasteiger partial charge in [0.25, 0.3) is 0 Å². The number of aromatic hydroxyl groups is 1. The number of carbonyl (C=O) groups is 2. The molecule has 2 N–H and O–H groups in total.